The second-order valence-corrected chi connectivity index (χ2v) is 9.03. The first-order valence-corrected chi connectivity index (χ1v) is 9.59. The van der Waals surface area contributed by atoms with E-state index in [4.69, 9.17) is 4.52 Å². The molecule has 4 rings (SSSR count). The molecule has 2 aromatic rings. The lowest BCUT2D eigenvalue weighted by Crippen LogP contribution is -2.51. The number of likely N-dealkylation sites (tertiary alicyclic amines) is 1. The molecule has 1 amide bonds. The van der Waals surface area contributed by atoms with E-state index in [2.05, 4.69) is 37.8 Å². The number of carbonyl (C=O) groups excluding carboxylic acids is 1. The fourth-order valence-corrected chi connectivity index (χ4v) is 2.85. The second kappa shape index (κ2) is 7.79. The van der Waals surface area contributed by atoms with Crippen molar-refractivity contribution in [3.63, 3.8) is 0 Å². The number of hydrogen-bond acceptors (Lipinski definition) is 4. The van der Waals surface area contributed by atoms with Gasteiger partial charge in [-0.15, -0.1) is 0 Å². The molecule has 0 atom stereocenters. The van der Waals surface area contributed by atoms with Gasteiger partial charge in [0.05, 0.1) is 5.92 Å². The van der Waals surface area contributed by atoms with Crippen molar-refractivity contribution in [2.45, 2.75) is 52.9 Å². The minimum Gasteiger partial charge on any atom is -0.341 e. The number of nitrogens with zero attached hydrogens (tertiary/aromatic N) is 3. The van der Waals surface area contributed by atoms with E-state index in [1.165, 1.54) is 18.6 Å². The molecule has 0 radical (unpaired) electrons. The first-order chi connectivity index (χ1) is 12.7. The normalized spacial score (nSPS) is 17.6. The number of rotatable bonds is 3. The van der Waals surface area contributed by atoms with Crippen LogP contribution in [-0.2, 0) is 4.79 Å². The number of benzene rings is 1. The van der Waals surface area contributed by atoms with Gasteiger partial charge in [0.25, 0.3) is 0 Å². The Balaban J connectivity index is 0.000000376. The molecule has 2 heterocycles. The number of hydrogen-bond donors (Lipinski definition) is 0. The summed E-state index contributed by atoms with van der Waals surface area (Å²) in [6.45, 7) is 10.1. The summed E-state index contributed by atoms with van der Waals surface area (Å²) >= 11 is 0. The van der Waals surface area contributed by atoms with E-state index in [-0.39, 0.29) is 23.6 Å². The van der Waals surface area contributed by atoms with Crippen LogP contribution < -0.4 is 0 Å². The van der Waals surface area contributed by atoms with E-state index in [1.807, 2.05) is 4.90 Å². The predicted molar refractivity (Wildman–Crippen MR) is 101 cm³/mol. The van der Waals surface area contributed by atoms with Crippen LogP contribution in [0.1, 0.15) is 58.8 Å². The van der Waals surface area contributed by atoms with E-state index in [0.717, 1.165) is 18.4 Å². The van der Waals surface area contributed by atoms with Crippen molar-refractivity contribution in [1.29, 1.82) is 0 Å². The summed E-state index contributed by atoms with van der Waals surface area (Å²) in [5, 5.41) is 3.94. The smallest absolute Gasteiger partial charge is 0.233 e. The van der Waals surface area contributed by atoms with Crippen LogP contribution in [0.5, 0.6) is 0 Å². The van der Waals surface area contributed by atoms with Gasteiger partial charge in [0.15, 0.2) is 0 Å². The number of aromatic nitrogens is 2. The molecule has 0 spiro atoms. The highest BCUT2D eigenvalue weighted by Crippen LogP contribution is 2.33. The van der Waals surface area contributed by atoms with Crippen molar-refractivity contribution in [2.24, 2.45) is 11.3 Å². The molecule has 27 heavy (non-hydrogen) atoms. The van der Waals surface area contributed by atoms with Crippen molar-refractivity contribution in [2.75, 3.05) is 13.1 Å². The van der Waals surface area contributed by atoms with Gasteiger partial charge in [-0.1, -0.05) is 39.3 Å². The van der Waals surface area contributed by atoms with Gasteiger partial charge in [0.1, 0.15) is 5.82 Å². The fraction of sp³-hybridized carbons (Fsp3) is 0.571. The maximum absolute atomic E-state index is 12.9. The molecule has 1 aliphatic heterocycles. The van der Waals surface area contributed by atoms with Crippen LogP contribution in [-0.4, -0.2) is 34.0 Å². The van der Waals surface area contributed by atoms with Crippen LogP contribution >= 0.6 is 0 Å². The highest BCUT2D eigenvalue weighted by Gasteiger charge is 2.39. The summed E-state index contributed by atoms with van der Waals surface area (Å²) in [6, 6.07) is 5.98. The Morgan fingerprint density at radius 3 is 2.26 bits per heavy atom. The van der Waals surface area contributed by atoms with Gasteiger partial charge in [-0.3, -0.25) is 4.79 Å². The quantitative estimate of drug-likeness (QED) is 0.785. The van der Waals surface area contributed by atoms with E-state index >= 15 is 0 Å². The standard InChI is InChI=1S/C16H16FN3O2.C5H12/c17-13-6-4-10(5-7-13)14-18-15(22-19-14)12-8-20(9-12)16(21)11-2-1-3-11;1-5(2,3)4/h4-7,11-12H,1-3,8-9H2;1-4H3. The molecule has 0 N–H and O–H groups in total. The molecule has 0 bridgehead atoms. The molecule has 2 fully saturated rings. The summed E-state index contributed by atoms with van der Waals surface area (Å²) in [7, 11) is 0. The molecular weight excluding hydrogens is 345 g/mol. The van der Waals surface area contributed by atoms with Gasteiger partial charge in [-0.2, -0.15) is 4.98 Å². The Hall–Kier alpha value is -2.24. The molecule has 1 saturated carbocycles. The molecule has 0 unspecified atom stereocenters. The summed E-state index contributed by atoms with van der Waals surface area (Å²) in [4.78, 5) is 18.3. The van der Waals surface area contributed by atoms with E-state index in [9.17, 15) is 9.18 Å². The summed E-state index contributed by atoms with van der Waals surface area (Å²) in [5.41, 5.74) is 1.22. The van der Waals surface area contributed by atoms with Crippen LogP contribution in [0.2, 0.25) is 0 Å². The number of amides is 1. The fourth-order valence-electron chi connectivity index (χ4n) is 2.85. The van der Waals surface area contributed by atoms with Gasteiger partial charge >= 0.3 is 0 Å². The molecule has 2 aliphatic rings. The third kappa shape index (κ3) is 5.15. The summed E-state index contributed by atoms with van der Waals surface area (Å²) < 4.78 is 18.2. The number of halogens is 1. The molecule has 146 valence electrons. The Morgan fingerprint density at radius 2 is 1.74 bits per heavy atom. The van der Waals surface area contributed by atoms with Crippen molar-refractivity contribution < 1.29 is 13.7 Å². The molecule has 6 heteroatoms. The largest absolute Gasteiger partial charge is 0.341 e. The first kappa shape index (κ1) is 19.5. The van der Waals surface area contributed by atoms with Gasteiger partial charge in [0.2, 0.25) is 17.6 Å². The Labute approximate surface area is 159 Å². The van der Waals surface area contributed by atoms with Crippen molar-refractivity contribution in [3.8, 4) is 11.4 Å². The van der Waals surface area contributed by atoms with Crippen LogP contribution in [0, 0.1) is 17.2 Å². The lowest BCUT2D eigenvalue weighted by molar-refractivity contribution is -0.143. The SMILES string of the molecule is CC(C)(C)C.O=C(C1CCC1)N1CC(c2nc(-c3ccc(F)cc3)no2)C1. The topological polar surface area (TPSA) is 59.2 Å². The first-order valence-electron chi connectivity index (χ1n) is 9.59. The zero-order chi connectivity index (χ0) is 19.6. The minimum absolute atomic E-state index is 0.116. The van der Waals surface area contributed by atoms with Gasteiger partial charge in [-0.05, 0) is 42.5 Å². The van der Waals surface area contributed by atoms with E-state index < -0.39 is 0 Å². The summed E-state index contributed by atoms with van der Waals surface area (Å²) in [5.74, 6) is 1.33. The van der Waals surface area contributed by atoms with Crippen LogP contribution in [0.4, 0.5) is 4.39 Å². The average molecular weight is 373 g/mol. The van der Waals surface area contributed by atoms with Crippen LogP contribution in [0.25, 0.3) is 11.4 Å². The predicted octanol–water partition coefficient (Wildman–Crippen LogP) is 4.65. The zero-order valence-corrected chi connectivity index (χ0v) is 16.5. The third-order valence-corrected chi connectivity index (χ3v) is 4.54. The highest BCUT2D eigenvalue weighted by atomic mass is 19.1. The Bertz CT molecular complexity index is 763. The average Bonchev–Trinajstić information content (AvgIpc) is 2.92. The van der Waals surface area contributed by atoms with Crippen molar-refractivity contribution >= 4 is 5.91 Å². The van der Waals surface area contributed by atoms with Gasteiger partial charge in [0, 0.05) is 24.6 Å². The monoisotopic (exact) mass is 373 g/mol. The molecule has 5 nitrogen and oxygen atoms in total. The molecule has 1 aliphatic carbocycles. The Kier molecular flexibility index (Phi) is 5.63. The molecule has 1 aromatic carbocycles. The van der Waals surface area contributed by atoms with Crippen molar-refractivity contribution in [1.82, 2.24) is 15.0 Å². The third-order valence-electron chi connectivity index (χ3n) is 4.54. The molecular formula is C21H28FN3O2. The van der Waals surface area contributed by atoms with E-state index in [0.29, 0.717) is 30.2 Å². The number of carbonyl (C=O) groups is 1. The second-order valence-electron chi connectivity index (χ2n) is 9.03. The maximum Gasteiger partial charge on any atom is 0.233 e. The lowest BCUT2D eigenvalue weighted by atomic mass is 9.83. The molecule has 1 aromatic heterocycles. The zero-order valence-electron chi connectivity index (χ0n) is 16.5. The highest BCUT2D eigenvalue weighted by molar-refractivity contribution is 5.80. The minimum atomic E-state index is -0.295. The lowest BCUT2D eigenvalue weighted by Gasteiger charge is -2.41. The van der Waals surface area contributed by atoms with E-state index in [1.54, 1.807) is 12.1 Å². The maximum atomic E-state index is 12.9. The Morgan fingerprint density at radius 1 is 1.15 bits per heavy atom. The van der Waals surface area contributed by atoms with Gasteiger partial charge in [-0.25, -0.2) is 4.39 Å². The van der Waals surface area contributed by atoms with Crippen LogP contribution in [0.3, 0.4) is 0 Å². The van der Waals surface area contributed by atoms with Crippen molar-refractivity contribution in [3.05, 3.63) is 36.0 Å². The van der Waals surface area contributed by atoms with Gasteiger partial charge < -0.3 is 9.42 Å². The van der Waals surface area contributed by atoms with Crippen LogP contribution in [0.15, 0.2) is 28.8 Å². The summed E-state index contributed by atoms with van der Waals surface area (Å²) in [6.07, 6.45) is 3.21. The molecule has 1 saturated heterocycles.